The molecule has 0 aliphatic rings. The first-order valence-electron chi connectivity index (χ1n) is 33.2. The molecule has 6 nitrogen and oxygen atoms in total. The normalized spacial score (nSPS) is 13.0. The summed E-state index contributed by atoms with van der Waals surface area (Å²) in [5, 5.41) is 0. The van der Waals surface area contributed by atoms with E-state index < -0.39 is 6.10 Å². The molecule has 0 amide bonds. The predicted octanol–water partition coefficient (Wildman–Crippen LogP) is 22.9. The van der Waals surface area contributed by atoms with Gasteiger partial charge in [-0.15, -0.1) is 0 Å². The summed E-state index contributed by atoms with van der Waals surface area (Å²) in [6.45, 7) is 6.47. The van der Waals surface area contributed by atoms with Gasteiger partial charge in [0.15, 0.2) is 6.10 Å². The standard InChI is InChI=1S/C74H122O6/c1-4-7-10-13-16-19-21-23-25-27-29-31-32-33-34-35-36-37-38-39-40-41-42-44-45-47-49-51-53-55-58-61-64-67-73(76)79-70-71(69-78-72(75)66-63-60-57-18-15-12-9-6-3)80-74(77)68-65-62-59-56-54-52-50-48-46-43-30-28-26-24-22-20-17-14-11-8-5-2/h7,10,16,19,23,25,28-31,33-34,36-37,39-40,42,44,47,49,53,55,71H,4-6,8-9,11-15,17-18,20-22,24,26-27,32,35,38,41,43,45-46,48,50-52,54,56-70H2,1-3H3/b10-7-,19-16-,25-23-,30-28-,31-29-,34-33-,37-36-,40-39-,44-42-,49-47-,55-53-. The molecule has 0 fully saturated rings. The van der Waals surface area contributed by atoms with E-state index in [1.165, 1.54) is 135 Å². The van der Waals surface area contributed by atoms with Gasteiger partial charge in [-0.3, -0.25) is 14.4 Å². The summed E-state index contributed by atoms with van der Waals surface area (Å²) in [7, 11) is 0. The predicted molar refractivity (Wildman–Crippen MR) is 348 cm³/mol. The number of esters is 3. The molecule has 1 atom stereocenters. The van der Waals surface area contributed by atoms with E-state index in [-0.39, 0.29) is 31.1 Å². The lowest BCUT2D eigenvalue weighted by molar-refractivity contribution is -0.167. The lowest BCUT2D eigenvalue weighted by Gasteiger charge is -2.18. The van der Waals surface area contributed by atoms with E-state index >= 15 is 0 Å². The number of unbranched alkanes of at least 4 members (excludes halogenated alkanes) is 26. The zero-order valence-corrected chi connectivity index (χ0v) is 52.0. The Bertz CT molecular complexity index is 1700. The number of hydrogen-bond donors (Lipinski definition) is 0. The third kappa shape index (κ3) is 64.4. The number of hydrogen-bond acceptors (Lipinski definition) is 6. The van der Waals surface area contributed by atoms with Crippen molar-refractivity contribution in [3.05, 3.63) is 134 Å². The van der Waals surface area contributed by atoms with Crippen molar-refractivity contribution in [2.24, 2.45) is 0 Å². The molecule has 0 heterocycles. The summed E-state index contributed by atoms with van der Waals surface area (Å²) in [5.74, 6) is -0.943. The number of allylic oxidation sites excluding steroid dienone is 22. The van der Waals surface area contributed by atoms with Gasteiger partial charge >= 0.3 is 17.9 Å². The molecule has 1 unspecified atom stereocenters. The van der Waals surface area contributed by atoms with Crippen LogP contribution in [-0.2, 0) is 28.6 Å². The zero-order valence-electron chi connectivity index (χ0n) is 52.0. The van der Waals surface area contributed by atoms with Crippen LogP contribution in [0.3, 0.4) is 0 Å². The van der Waals surface area contributed by atoms with Crippen LogP contribution in [0.1, 0.15) is 297 Å². The van der Waals surface area contributed by atoms with Gasteiger partial charge in [0.05, 0.1) is 0 Å². The Labute approximate surface area is 494 Å². The van der Waals surface area contributed by atoms with Gasteiger partial charge in [0.1, 0.15) is 13.2 Å². The highest BCUT2D eigenvalue weighted by atomic mass is 16.6. The molecule has 0 radical (unpaired) electrons. The molecular formula is C74H122O6. The summed E-state index contributed by atoms with van der Waals surface area (Å²) in [5.41, 5.74) is 0. The first kappa shape index (κ1) is 75.5. The third-order valence-electron chi connectivity index (χ3n) is 13.9. The van der Waals surface area contributed by atoms with Gasteiger partial charge in [-0.05, 0) is 122 Å². The van der Waals surface area contributed by atoms with Crippen LogP contribution in [0.5, 0.6) is 0 Å². The molecule has 0 aliphatic carbocycles. The number of ether oxygens (including phenoxy) is 3. The van der Waals surface area contributed by atoms with E-state index in [1.54, 1.807) is 0 Å². The average Bonchev–Trinajstić information content (AvgIpc) is 3.46. The Hall–Kier alpha value is -4.45. The summed E-state index contributed by atoms with van der Waals surface area (Å²) < 4.78 is 16.8. The Morgan fingerprint density at radius 3 is 0.800 bits per heavy atom. The van der Waals surface area contributed by atoms with Crippen molar-refractivity contribution in [2.75, 3.05) is 13.2 Å². The second-order valence-electron chi connectivity index (χ2n) is 21.6. The van der Waals surface area contributed by atoms with Crippen LogP contribution < -0.4 is 0 Å². The summed E-state index contributed by atoms with van der Waals surface area (Å²) >= 11 is 0. The van der Waals surface area contributed by atoms with Crippen LogP contribution in [0.2, 0.25) is 0 Å². The summed E-state index contributed by atoms with van der Waals surface area (Å²) in [6.07, 6.45) is 94.8. The van der Waals surface area contributed by atoms with Crippen molar-refractivity contribution in [3.8, 4) is 0 Å². The van der Waals surface area contributed by atoms with Gasteiger partial charge < -0.3 is 14.2 Å². The largest absolute Gasteiger partial charge is 0.462 e. The van der Waals surface area contributed by atoms with Gasteiger partial charge in [0.2, 0.25) is 0 Å². The van der Waals surface area contributed by atoms with E-state index in [0.717, 1.165) is 122 Å². The Balaban J connectivity index is 4.27. The lowest BCUT2D eigenvalue weighted by atomic mass is 10.1. The Morgan fingerprint density at radius 2 is 0.487 bits per heavy atom. The first-order valence-corrected chi connectivity index (χ1v) is 33.2. The van der Waals surface area contributed by atoms with Crippen LogP contribution in [0.15, 0.2) is 134 Å². The minimum Gasteiger partial charge on any atom is -0.462 e. The molecule has 6 heteroatoms. The van der Waals surface area contributed by atoms with Crippen molar-refractivity contribution >= 4 is 17.9 Å². The quantitative estimate of drug-likeness (QED) is 0.0261. The Kier molecular flexibility index (Phi) is 63.3. The molecule has 80 heavy (non-hydrogen) atoms. The molecule has 0 saturated carbocycles. The van der Waals surface area contributed by atoms with Crippen molar-refractivity contribution in [1.29, 1.82) is 0 Å². The van der Waals surface area contributed by atoms with Crippen molar-refractivity contribution < 1.29 is 28.6 Å². The fraction of sp³-hybridized carbons (Fsp3) is 0.662. The van der Waals surface area contributed by atoms with Crippen LogP contribution in [-0.4, -0.2) is 37.2 Å². The fourth-order valence-electron chi connectivity index (χ4n) is 8.94. The minimum atomic E-state index is -0.799. The zero-order chi connectivity index (χ0) is 57.8. The van der Waals surface area contributed by atoms with Crippen molar-refractivity contribution in [2.45, 2.75) is 303 Å². The first-order chi connectivity index (χ1) is 39.5. The monoisotopic (exact) mass is 1110 g/mol. The molecule has 0 saturated heterocycles. The average molecular weight is 1110 g/mol. The fourth-order valence-corrected chi connectivity index (χ4v) is 8.94. The van der Waals surface area contributed by atoms with Crippen LogP contribution in [0.25, 0.3) is 0 Å². The second kappa shape index (κ2) is 67.1. The molecule has 0 aromatic heterocycles. The van der Waals surface area contributed by atoms with Gasteiger partial charge in [-0.1, -0.05) is 289 Å². The summed E-state index contributed by atoms with van der Waals surface area (Å²) in [6, 6.07) is 0. The third-order valence-corrected chi connectivity index (χ3v) is 13.9. The van der Waals surface area contributed by atoms with Gasteiger partial charge in [-0.25, -0.2) is 0 Å². The van der Waals surface area contributed by atoms with E-state index in [2.05, 4.69) is 154 Å². The molecule has 0 aromatic carbocycles. The molecule has 0 rings (SSSR count). The lowest BCUT2D eigenvalue weighted by Crippen LogP contribution is -2.30. The van der Waals surface area contributed by atoms with Crippen LogP contribution in [0.4, 0.5) is 0 Å². The van der Waals surface area contributed by atoms with E-state index in [4.69, 9.17) is 14.2 Å². The highest BCUT2D eigenvalue weighted by Gasteiger charge is 2.19. The molecular weight excluding hydrogens is 985 g/mol. The van der Waals surface area contributed by atoms with E-state index in [0.29, 0.717) is 19.3 Å². The van der Waals surface area contributed by atoms with Crippen LogP contribution >= 0.6 is 0 Å². The molecule has 0 N–H and O–H groups in total. The molecule has 454 valence electrons. The minimum absolute atomic E-state index is 0.0936. The van der Waals surface area contributed by atoms with Gasteiger partial charge in [0.25, 0.3) is 0 Å². The second-order valence-corrected chi connectivity index (χ2v) is 21.6. The molecule has 0 aromatic rings. The SMILES string of the molecule is CC/C=C\C/C=C\C/C=C\C/C=C\C/C=C\C/C=C\C/C=C\C/C=C\C/C=C\C/C=C\CCCCC(=O)OCC(COC(=O)CCCCCCCCCC)OC(=O)CCCCCCCCCCC/C=C\CCCCCCCCCC. The van der Waals surface area contributed by atoms with Gasteiger partial charge in [0, 0.05) is 19.3 Å². The number of rotatable bonds is 59. The van der Waals surface area contributed by atoms with E-state index in [1.807, 2.05) is 0 Å². The van der Waals surface area contributed by atoms with Gasteiger partial charge in [-0.2, -0.15) is 0 Å². The molecule has 0 bridgehead atoms. The summed E-state index contributed by atoms with van der Waals surface area (Å²) in [4.78, 5) is 38.1. The molecule has 0 aliphatic heterocycles. The molecule has 0 spiro atoms. The van der Waals surface area contributed by atoms with Crippen LogP contribution in [0, 0.1) is 0 Å². The highest BCUT2D eigenvalue weighted by molar-refractivity contribution is 5.71. The topological polar surface area (TPSA) is 78.9 Å². The Morgan fingerprint density at radius 1 is 0.263 bits per heavy atom. The van der Waals surface area contributed by atoms with Crippen molar-refractivity contribution in [1.82, 2.24) is 0 Å². The maximum atomic E-state index is 12.9. The van der Waals surface area contributed by atoms with Crippen molar-refractivity contribution in [3.63, 3.8) is 0 Å². The van der Waals surface area contributed by atoms with E-state index in [9.17, 15) is 14.4 Å². The smallest absolute Gasteiger partial charge is 0.306 e. The number of carbonyl (C=O) groups excluding carboxylic acids is 3. The number of carbonyl (C=O) groups is 3. The maximum absolute atomic E-state index is 12.9. The highest BCUT2D eigenvalue weighted by Crippen LogP contribution is 2.15. The maximum Gasteiger partial charge on any atom is 0.306 e.